The van der Waals surface area contributed by atoms with Gasteiger partial charge in [-0.25, -0.2) is 4.90 Å². The zero-order valence-electron chi connectivity index (χ0n) is 14.0. The minimum absolute atomic E-state index is 0.0159. The third-order valence-corrected chi connectivity index (χ3v) is 5.42. The van der Waals surface area contributed by atoms with Gasteiger partial charge in [0.1, 0.15) is 17.0 Å². The van der Waals surface area contributed by atoms with E-state index >= 15 is 0 Å². The Bertz CT molecular complexity index is 882. The molecule has 2 amide bonds. The van der Waals surface area contributed by atoms with Gasteiger partial charge in [0.25, 0.3) is 5.69 Å². The van der Waals surface area contributed by atoms with E-state index in [4.69, 9.17) is 9.47 Å². The van der Waals surface area contributed by atoms with Gasteiger partial charge in [0.2, 0.25) is 11.8 Å². The molecule has 9 nitrogen and oxygen atoms in total. The van der Waals surface area contributed by atoms with Crippen LogP contribution in [0, 0.1) is 22.0 Å². The van der Waals surface area contributed by atoms with Gasteiger partial charge in [-0.1, -0.05) is 12.2 Å². The number of imide groups is 1. The van der Waals surface area contributed by atoms with Crippen LogP contribution < -0.4 is 9.64 Å². The molecule has 136 valence electrons. The molecule has 0 spiro atoms. The van der Waals surface area contributed by atoms with Crippen molar-refractivity contribution >= 4 is 23.2 Å². The lowest BCUT2D eigenvalue weighted by Crippen LogP contribution is -2.43. The number of aliphatic hydroxyl groups excluding tert-OH is 1. The number of hydrogen-bond donors (Lipinski definition) is 1. The van der Waals surface area contributed by atoms with Crippen LogP contribution in [0.3, 0.4) is 0 Å². The number of nitro benzene ring substituents is 1. The van der Waals surface area contributed by atoms with Gasteiger partial charge in [-0.3, -0.25) is 19.7 Å². The molecule has 3 aliphatic heterocycles. The Morgan fingerprint density at radius 2 is 2.00 bits per heavy atom. The predicted octanol–water partition coefficient (Wildman–Crippen LogP) is 0.799. The monoisotopic (exact) mass is 360 g/mol. The first kappa shape index (κ1) is 16.7. The molecular weight excluding hydrogens is 344 g/mol. The molecule has 0 radical (unpaired) electrons. The average Bonchev–Trinajstić information content (AvgIpc) is 3.20. The second-order valence-electron chi connectivity index (χ2n) is 6.81. The Balaban J connectivity index is 1.84. The van der Waals surface area contributed by atoms with Crippen LogP contribution in [0.5, 0.6) is 5.75 Å². The van der Waals surface area contributed by atoms with Gasteiger partial charge in [-0.15, -0.1) is 0 Å². The van der Waals surface area contributed by atoms with E-state index in [0.717, 1.165) is 11.0 Å². The number of carbonyl (C=O) groups is 2. The van der Waals surface area contributed by atoms with Gasteiger partial charge in [0.05, 0.1) is 36.1 Å². The molecule has 26 heavy (non-hydrogen) atoms. The van der Waals surface area contributed by atoms with E-state index in [0.29, 0.717) is 0 Å². The number of carbonyl (C=O) groups excluding carboxylic acids is 2. The maximum Gasteiger partial charge on any atom is 0.271 e. The van der Waals surface area contributed by atoms with Crippen molar-refractivity contribution in [2.24, 2.45) is 11.8 Å². The number of anilines is 1. The molecule has 2 bridgehead atoms. The van der Waals surface area contributed by atoms with E-state index in [-0.39, 0.29) is 17.1 Å². The Morgan fingerprint density at radius 1 is 1.31 bits per heavy atom. The highest BCUT2D eigenvalue weighted by Crippen LogP contribution is 2.58. The summed E-state index contributed by atoms with van der Waals surface area (Å²) in [4.78, 5) is 37.6. The fourth-order valence-corrected chi connectivity index (χ4v) is 4.24. The van der Waals surface area contributed by atoms with Gasteiger partial charge in [0.15, 0.2) is 0 Å². The van der Waals surface area contributed by atoms with Crippen molar-refractivity contribution in [2.45, 2.75) is 18.1 Å². The van der Waals surface area contributed by atoms with E-state index in [1.54, 1.807) is 19.1 Å². The molecule has 0 saturated carbocycles. The number of nitro groups is 1. The molecule has 3 aliphatic rings. The summed E-state index contributed by atoms with van der Waals surface area (Å²) in [5, 5.41) is 20.9. The Hall–Kier alpha value is -2.78. The maximum atomic E-state index is 13.1. The van der Waals surface area contributed by atoms with Crippen molar-refractivity contribution in [2.75, 3.05) is 18.6 Å². The van der Waals surface area contributed by atoms with Crippen molar-refractivity contribution in [3.8, 4) is 5.75 Å². The Kier molecular flexibility index (Phi) is 3.28. The van der Waals surface area contributed by atoms with Crippen LogP contribution >= 0.6 is 0 Å². The number of hydrogen-bond acceptors (Lipinski definition) is 7. The van der Waals surface area contributed by atoms with Gasteiger partial charge < -0.3 is 14.6 Å². The lowest BCUT2D eigenvalue weighted by molar-refractivity contribution is -0.384. The molecule has 4 rings (SSSR count). The molecule has 0 aliphatic carbocycles. The average molecular weight is 360 g/mol. The molecular formula is C17H16N2O7. The highest BCUT2D eigenvalue weighted by molar-refractivity contribution is 6.24. The molecule has 9 heteroatoms. The quantitative estimate of drug-likeness (QED) is 0.365. The van der Waals surface area contributed by atoms with Crippen LogP contribution in [-0.4, -0.2) is 46.8 Å². The Morgan fingerprint density at radius 3 is 2.62 bits per heavy atom. The summed E-state index contributed by atoms with van der Waals surface area (Å²) >= 11 is 0. The number of rotatable bonds is 4. The summed E-state index contributed by atoms with van der Waals surface area (Å²) in [5.41, 5.74) is -2.52. The second kappa shape index (κ2) is 5.12. The molecule has 0 aromatic heterocycles. The number of amides is 2. The van der Waals surface area contributed by atoms with Crippen molar-refractivity contribution in [3.05, 3.63) is 40.5 Å². The SMILES string of the molecule is COc1ccc([N+](=O)[O-])cc1N1C(=O)[C@H]2[C@H](C1=O)[C@@]1(CO)C=C[C@@]2(C)O1. The standard InChI is InChI=1S/C17H16N2O7/c1-16-5-6-17(8-20,26-16)13-12(16)14(21)18(15(13)22)10-7-9(19(23)24)3-4-11(10)25-2/h3-7,12-13,20H,8H2,1-2H3/t12-,13-,16-,17+/m1/s1. The zero-order valence-corrected chi connectivity index (χ0v) is 14.0. The minimum atomic E-state index is -1.26. The second-order valence-corrected chi connectivity index (χ2v) is 6.81. The van der Waals surface area contributed by atoms with Crippen LogP contribution in [0.1, 0.15) is 6.92 Å². The number of benzene rings is 1. The summed E-state index contributed by atoms with van der Waals surface area (Å²) in [5.74, 6) is -2.63. The lowest BCUT2D eigenvalue weighted by atomic mass is 9.73. The summed E-state index contributed by atoms with van der Waals surface area (Å²) < 4.78 is 11.0. The van der Waals surface area contributed by atoms with E-state index in [2.05, 4.69) is 0 Å². The van der Waals surface area contributed by atoms with Crippen LogP contribution in [-0.2, 0) is 14.3 Å². The molecule has 1 aromatic rings. The Labute approximate surface area is 147 Å². The molecule has 4 atom stereocenters. The van der Waals surface area contributed by atoms with Gasteiger partial charge in [-0.2, -0.15) is 0 Å². The summed E-state index contributed by atoms with van der Waals surface area (Å²) in [6.07, 6.45) is 3.30. The summed E-state index contributed by atoms with van der Waals surface area (Å²) in [6, 6.07) is 3.72. The van der Waals surface area contributed by atoms with Crippen LogP contribution in [0.4, 0.5) is 11.4 Å². The van der Waals surface area contributed by atoms with Crippen LogP contribution in [0.25, 0.3) is 0 Å². The number of non-ortho nitro benzene ring substituents is 1. The van der Waals surface area contributed by atoms with Crippen LogP contribution in [0.15, 0.2) is 30.4 Å². The lowest BCUT2D eigenvalue weighted by Gasteiger charge is -2.27. The van der Waals surface area contributed by atoms with E-state index in [9.17, 15) is 24.8 Å². The largest absolute Gasteiger partial charge is 0.495 e. The topological polar surface area (TPSA) is 119 Å². The molecule has 1 N–H and O–H groups in total. The van der Waals surface area contributed by atoms with Crippen LogP contribution in [0.2, 0.25) is 0 Å². The summed E-state index contributed by atoms with van der Waals surface area (Å²) in [6.45, 7) is 1.24. The number of methoxy groups -OCH3 is 1. The van der Waals surface area contributed by atoms with Gasteiger partial charge >= 0.3 is 0 Å². The fraction of sp³-hybridized carbons (Fsp3) is 0.412. The number of fused-ring (bicyclic) bond motifs is 5. The van der Waals surface area contributed by atoms with Crippen molar-refractivity contribution in [1.82, 2.24) is 0 Å². The maximum absolute atomic E-state index is 13.1. The third-order valence-electron chi connectivity index (χ3n) is 5.42. The van der Waals surface area contributed by atoms with E-state index < -0.39 is 46.4 Å². The highest BCUT2D eigenvalue weighted by atomic mass is 16.6. The molecule has 2 saturated heterocycles. The van der Waals surface area contributed by atoms with Crippen molar-refractivity contribution in [3.63, 3.8) is 0 Å². The minimum Gasteiger partial charge on any atom is -0.495 e. The normalized spacial score (nSPS) is 34.5. The first-order chi connectivity index (χ1) is 12.3. The zero-order chi connectivity index (χ0) is 18.9. The van der Waals surface area contributed by atoms with E-state index in [1.165, 1.54) is 19.2 Å². The first-order valence-corrected chi connectivity index (χ1v) is 7.99. The highest BCUT2D eigenvalue weighted by Gasteiger charge is 2.72. The molecule has 1 aromatic carbocycles. The van der Waals surface area contributed by atoms with Crippen molar-refractivity contribution < 1.29 is 29.1 Å². The van der Waals surface area contributed by atoms with Gasteiger partial charge in [-0.05, 0) is 13.0 Å². The van der Waals surface area contributed by atoms with Gasteiger partial charge in [0, 0.05) is 12.1 Å². The number of aliphatic hydroxyl groups is 1. The molecule has 3 heterocycles. The summed E-state index contributed by atoms with van der Waals surface area (Å²) in [7, 11) is 1.35. The third kappa shape index (κ3) is 1.86. The number of nitrogens with zero attached hydrogens (tertiary/aromatic N) is 2. The fourth-order valence-electron chi connectivity index (χ4n) is 4.24. The first-order valence-electron chi connectivity index (χ1n) is 7.99. The number of ether oxygens (including phenoxy) is 2. The predicted molar refractivity (Wildman–Crippen MR) is 87.6 cm³/mol. The molecule has 0 unspecified atom stereocenters. The van der Waals surface area contributed by atoms with Crippen molar-refractivity contribution in [1.29, 1.82) is 0 Å². The molecule has 2 fully saturated rings. The smallest absolute Gasteiger partial charge is 0.271 e. The van der Waals surface area contributed by atoms with E-state index in [1.807, 2.05) is 0 Å².